The number of nitrogens with two attached hydrogens (primary N) is 1. The number of hydrogen-bond donors (Lipinski definition) is 1. The van der Waals surface area contributed by atoms with Gasteiger partial charge in [-0.1, -0.05) is 41.7 Å². The highest BCUT2D eigenvalue weighted by Gasteiger charge is 2.04. The van der Waals surface area contributed by atoms with Gasteiger partial charge in [0.25, 0.3) is 0 Å². The van der Waals surface area contributed by atoms with Crippen molar-refractivity contribution in [3.63, 3.8) is 0 Å². The third-order valence-corrected chi connectivity index (χ3v) is 3.15. The second-order valence-electron chi connectivity index (χ2n) is 3.19. The van der Waals surface area contributed by atoms with Crippen LogP contribution in [-0.4, -0.2) is 4.98 Å². The lowest BCUT2D eigenvalue weighted by molar-refractivity contribution is 1.51. The van der Waals surface area contributed by atoms with Crippen molar-refractivity contribution >= 4 is 54.4 Å². The molecule has 15 heavy (non-hydrogen) atoms. The average Bonchev–Trinajstić information content (AvgIpc) is 2.59. The first-order valence-corrected chi connectivity index (χ1v) is 5.20. The zero-order valence-electron chi connectivity index (χ0n) is 7.81. The van der Waals surface area contributed by atoms with Gasteiger partial charge in [0.1, 0.15) is 0 Å². The summed E-state index contributed by atoms with van der Waals surface area (Å²) in [5, 5.41) is 3.03. The van der Waals surface area contributed by atoms with Crippen molar-refractivity contribution in [1.29, 1.82) is 0 Å². The van der Waals surface area contributed by atoms with Gasteiger partial charge in [0.05, 0.1) is 10.2 Å². The van der Waals surface area contributed by atoms with Gasteiger partial charge in [0, 0.05) is 5.39 Å². The number of aromatic nitrogens is 1. The summed E-state index contributed by atoms with van der Waals surface area (Å²) in [6.07, 6.45) is 0. The molecule has 3 rings (SSSR count). The third kappa shape index (κ3) is 1.60. The molecule has 0 saturated carbocycles. The maximum atomic E-state index is 5.69. The summed E-state index contributed by atoms with van der Waals surface area (Å²) < 4.78 is 1.15. The van der Waals surface area contributed by atoms with E-state index in [1.807, 2.05) is 12.1 Å². The van der Waals surface area contributed by atoms with Gasteiger partial charge in [-0.2, -0.15) is 0 Å². The number of rotatable bonds is 0. The quantitative estimate of drug-likeness (QED) is 0.683. The molecule has 2 N–H and O–H groups in total. The number of nitrogen functional groups attached to an aromatic ring is 1. The Morgan fingerprint density at radius 1 is 1.07 bits per heavy atom. The standard InChI is InChI=1S/C11H8N2S.BrH/c12-11-13-10-8-4-2-1-3-7(8)5-6-9(10)14-11;/h1-6H,(H2,12,13);1H. The van der Waals surface area contributed by atoms with Crippen molar-refractivity contribution in [3.05, 3.63) is 36.4 Å². The van der Waals surface area contributed by atoms with E-state index < -0.39 is 0 Å². The first kappa shape index (κ1) is 10.4. The molecule has 0 atom stereocenters. The van der Waals surface area contributed by atoms with Crippen molar-refractivity contribution in [2.75, 3.05) is 5.73 Å². The van der Waals surface area contributed by atoms with Crippen molar-refractivity contribution in [3.8, 4) is 0 Å². The number of fused-ring (bicyclic) bond motifs is 3. The van der Waals surface area contributed by atoms with E-state index in [0.29, 0.717) is 5.13 Å². The van der Waals surface area contributed by atoms with Crippen LogP contribution in [0, 0.1) is 0 Å². The summed E-state index contributed by atoms with van der Waals surface area (Å²) >= 11 is 1.53. The minimum absolute atomic E-state index is 0. The fourth-order valence-corrected chi connectivity index (χ4v) is 2.43. The van der Waals surface area contributed by atoms with Gasteiger partial charge in [-0.25, -0.2) is 4.98 Å². The van der Waals surface area contributed by atoms with E-state index in [9.17, 15) is 0 Å². The summed E-state index contributed by atoms with van der Waals surface area (Å²) in [6, 6.07) is 12.4. The zero-order chi connectivity index (χ0) is 9.54. The number of benzene rings is 2. The Kier molecular flexibility index (Phi) is 2.63. The van der Waals surface area contributed by atoms with Gasteiger partial charge < -0.3 is 5.73 Å². The molecule has 0 saturated heterocycles. The number of halogens is 1. The molecule has 0 bridgehead atoms. The minimum atomic E-state index is 0. The molecule has 0 aliphatic carbocycles. The minimum Gasteiger partial charge on any atom is -0.375 e. The fraction of sp³-hybridized carbons (Fsp3) is 0. The number of nitrogens with zero attached hydrogens (tertiary/aromatic N) is 1. The van der Waals surface area contributed by atoms with Crippen molar-refractivity contribution in [2.45, 2.75) is 0 Å². The first-order chi connectivity index (χ1) is 6.84. The third-order valence-electron chi connectivity index (χ3n) is 2.30. The van der Waals surface area contributed by atoms with Crippen LogP contribution in [0.2, 0.25) is 0 Å². The highest BCUT2D eigenvalue weighted by molar-refractivity contribution is 8.93. The largest absolute Gasteiger partial charge is 0.375 e. The Hall–Kier alpha value is -1.13. The van der Waals surface area contributed by atoms with Crippen molar-refractivity contribution < 1.29 is 0 Å². The first-order valence-electron chi connectivity index (χ1n) is 4.38. The van der Waals surface area contributed by atoms with E-state index in [4.69, 9.17) is 5.73 Å². The fourth-order valence-electron chi connectivity index (χ4n) is 1.68. The molecule has 3 aromatic rings. The molecular weight excluding hydrogens is 272 g/mol. The molecule has 1 aromatic heterocycles. The Morgan fingerprint density at radius 3 is 2.73 bits per heavy atom. The monoisotopic (exact) mass is 280 g/mol. The lowest BCUT2D eigenvalue weighted by atomic mass is 10.1. The van der Waals surface area contributed by atoms with Crippen LogP contribution < -0.4 is 5.73 Å². The van der Waals surface area contributed by atoms with Gasteiger partial charge >= 0.3 is 0 Å². The molecule has 4 heteroatoms. The summed E-state index contributed by atoms with van der Waals surface area (Å²) in [5.41, 5.74) is 6.71. The summed E-state index contributed by atoms with van der Waals surface area (Å²) in [4.78, 5) is 4.34. The average molecular weight is 281 g/mol. The van der Waals surface area contributed by atoms with Gasteiger partial charge in [0.15, 0.2) is 5.13 Å². The molecule has 76 valence electrons. The lowest BCUT2D eigenvalue weighted by Crippen LogP contribution is -1.80. The molecule has 0 spiro atoms. The predicted octanol–water partition coefficient (Wildman–Crippen LogP) is 3.61. The van der Waals surface area contributed by atoms with E-state index in [-0.39, 0.29) is 17.0 Å². The molecule has 0 aliphatic heterocycles. The topological polar surface area (TPSA) is 38.9 Å². The highest BCUT2D eigenvalue weighted by Crippen LogP contribution is 2.29. The van der Waals surface area contributed by atoms with Gasteiger partial charge in [-0.15, -0.1) is 17.0 Å². The van der Waals surface area contributed by atoms with Crippen LogP contribution in [0.25, 0.3) is 21.0 Å². The van der Waals surface area contributed by atoms with Crippen LogP contribution in [0.15, 0.2) is 36.4 Å². The predicted molar refractivity (Wildman–Crippen MR) is 71.9 cm³/mol. The molecule has 0 radical (unpaired) electrons. The Bertz CT molecular complexity index is 618. The number of thiazole rings is 1. The zero-order valence-corrected chi connectivity index (χ0v) is 10.3. The van der Waals surface area contributed by atoms with Crippen LogP contribution in [0.5, 0.6) is 0 Å². The number of anilines is 1. The second kappa shape index (κ2) is 3.79. The molecular formula is C11H9BrN2S. The Labute approximate surface area is 102 Å². The summed E-state index contributed by atoms with van der Waals surface area (Å²) in [7, 11) is 0. The van der Waals surface area contributed by atoms with Crippen LogP contribution in [0.1, 0.15) is 0 Å². The number of hydrogen-bond acceptors (Lipinski definition) is 3. The highest BCUT2D eigenvalue weighted by atomic mass is 79.9. The van der Waals surface area contributed by atoms with Crippen molar-refractivity contribution in [1.82, 2.24) is 4.98 Å². The van der Waals surface area contributed by atoms with Crippen LogP contribution >= 0.6 is 28.3 Å². The Morgan fingerprint density at radius 2 is 1.87 bits per heavy atom. The second-order valence-corrected chi connectivity index (χ2v) is 4.25. The molecule has 1 heterocycles. The molecule has 0 unspecified atom stereocenters. The van der Waals surface area contributed by atoms with Gasteiger partial charge in [-0.05, 0) is 11.5 Å². The maximum Gasteiger partial charge on any atom is 0.181 e. The van der Waals surface area contributed by atoms with E-state index >= 15 is 0 Å². The van der Waals surface area contributed by atoms with Crippen molar-refractivity contribution in [2.24, 2.45) is 0 Å². The van der Waals surface area contributed by atoms with E-state index in [2.05, 4.69) is 29.2 Å². The SMILES string of the molecule is Br.Nc1nc2c(ccc3ccccc32)s1. The normalized spacial score (nSPS) is 10.4. The van der Waals surface area contributed by atoms with Gasteiger partial charge in [0.2, 0.25) is 0 Å². The van der Waals surface area contributed by atoms with Gasteiger partial charge in [-0.3, -0.25) is 0 Å². The van der Waals surface area contributed by atoms with Crippen LogP contribution in [0.3, 0.4) is 0 Å². The summed E-state index contributed by atoms with van der Waals surface area (Å²) in [6.45, 7) is 0. The maximum absolute atomic E-state index is 5.69. The van der Waals surface area contributed by atoms with Crippen LogP contribution in [-0.2, 0) is 0 Å². The molecule has 0 fully saturated rings. The van der Waals surface area contributed by atoms with Crippen LogP contribution in [0.4, 0.5) is 5.13 Å². The van der Waals surface area contributed by atoms with E-state index in [0.717, 1.165) is 10.2 Å². The molecule has 0 aliphatic rings. The Balaban J connectivity index is 0.000000853. The van der Waals surface area contributed by atoms with E-state index in [1.54, 1.807) is 0 Å². The molecule has 2 aromatic carbocycles. The summed E-state index contributed by atoms with van der Waals surface area (Å²) in [5.74, 6) is 0. The van der Waals surface area contributed by atoms with E-state index in [1.165, 1.54) is 22.1 Å². The smallest absolute Gasteiger partial charge is 0.181 e. The molecule has 2 nitrogen and oxygen atoms in total. The lowest BCUT2D eigenvalue weighted by Gasteiger charge is -1.96. The molecule has 0 amide bonds.